The number of benzene rings is 1. The van der Waals surface area contributed by atoms with Gasteiger partial charge in [-0.1, -0.05) is 12.1 Å². The second-order valence-electron chi connectivity index (χ2n) is 7.78. The summed E-state index contributed by atoms with van der Waals surface area (Å²) in [7, 11) is 0. The number of nitrogens with zero attached hydrogens (tertiary/aromatic N) is 1. The Bertz CT molecular complexity index is 712. The zero-order chi connectivity index (χ0) is 19.2. The number of carbonyl (C=O) groups excluding carboxylic acids is 2. The topological polar surface area (TPSA) is 74.7 Å². The molecular formula is C22H29NO4. The first-order valence-electron chi connectivity index (χ1n) is 10.2. The van der Waals surface area contributed by atoms with Crippen LogP contribution in [0.5, 0.6) is 0 Å². The standard InChI is InChI=1S/C22H29NO4/c24-20(18-9-8-16-5-1-2-6-17(16)15-18)11-12-21(25)23-14-4-3-7-19(23)10-13-22(26)27/h8-9,15,19H,1-7,10-14H2,(H,26,27). The van der Waals surface area contributed by atoms with Gasteiger partial charge in [-0.3, -0.25) is 14.4 Å². The van der Waals surface area contributed by atoms with Gasteiger partial charge in [0.15, 0.2) is 5.78 Å². The van der Waals surface area contributed by atoms with Crippen LogP contribution in [-0.2, 0) is 22.4 Å². The number of likely N-dealkylation sites (tertiary alicyclic amines) is 1. The van der Waals surface area contributed by atoms with Gasteiger partial charge in [-0.15, -0.1) is 0 Å². The number of fused-ring (bicyclic) bond motifs is 1. The van der Waals surface area contributed by atoms with E-state index in [1.807, 2.05) is 17.0 Å². The van der Waals surface area contributed by atoms with E-state index in [1.165, 1.54) is 24.0 Å². The molecule has 0 saturated carbocycles. The predicted octanol–water partition coefficient (Wildman–Crippen LogP) is 3.77. The molecule has 1 heterocycles. The lowest BCUT2D eigenvalue weighted by atomic mass is 9.89. The van der Waals surface area contributed by atoms with E-state index >= 15 is 0 Å². The van der Waals surface area contributed by atoms with Gasteiger partial charge in [0.05, 0.1) is 0 Å². The van der Waals surface area contributed by atoms with Gasteiger partial charge < -0.3 is 10.0 Å². The Morgan fingerprint density at radius 2 is 1.74 bits per heavy atom. The van der Waals surface area contributed by atoms with Crippen molar-refractivity contribution in [3.05, 3.63) is 34.9 Å². The van der Waals surface area contributed by atoms with Crippen molar-refractivity contribution in [2.24, 2.45) is 0 Å². The number of hydrogen-bond donors (Lipinski definition) is 1. The highest BCUT2D eigenvalue weighted by molar-refractivity contribution is 5.98. The Morgan fingerprint density at radius 3 is 2.52 bits per heavy atom. The summed E-state index contributed by atoms with van der Waals surface area (Å²) in [5.41, 5.74) is 3.34. The number of carboxylic acids is 1. The fourth-order valence-corrected chi connectivity index (χ4v) is 4.33. The zero-order valence-electron chi connectivity index (χ0n) is 15.9. The molecule has 5 nitrogen and oxygen atoms in total. The van der Waals surface area contributed by atoms with Crippen LogP contribution in [0.4, 0.5) is 0 Å². The first-order valence-corrected chi connectivity index (χ1v) is 10.2. The van der Waals surface area contributed by atoms with Crippen LogP contribution in [-0.4, -0.2) is 40.3 Å². The fraction of sp³-hybridized carbons (Fsp3) is 0.591. The highest BCUT2D eigenvalue weighted by atomic mass is 16.4. The number of rotatable bonds is 7. The number of Topliss-reactive ketones (excluding diaryl/α,β-unsaturated/α-hetero) is 1. The average molecular weight is 371 g/mol. The molecule has 1 aromatic carbocycles. The third-order valence-corrected chi connectivity index (χ3v) is 5.88. The number of amides is 1. The van der Waals surface area contributed by atoms with Crippen LogP contribution in [0.1, 0.15) is 79.3 Å². The smallest absolute Gasteiger partial charge is 0.303 e. The molecule has 2 aliphatic rings. The molecule has 5 heteroatoms. The summed E-state index contributed by atoms with van der Waals surface area (Å²) in [6, 6.07) is 5.97. The molecule has 1 saturated heterocycles. The van der Waals surface area contributed by atoms with Crippen LogP contribution in [0.25, 0.3) is 0 Å². The highest BCUT2D eigenvalue weighted by Gasteiger charge is 2.27. The number of hydrogen-bond acceptors (Lipinski definition) is 3. The molecule has 1 aromatic rings. The Morgan fingerprint density at radius 1 is 0.963 bits per heavy atom. The second kappa shape index (κ2) is 9.16. The van der Waals surface area contributed by atoms with Crippen LogP contribution in [0.15, 0.2) is 18.2 Å². The van der Waals surface area contributed by atoms with E-state index in [1.54, 1.807) is 0 Å². The largest absolute Gasteiger partial charge is 0.481 e. The number of ketones is 1. The van der Waals surface area contributed by atoms with Crippen molar-refractivity contribution in [1.82, 2.24) is 4.90 Å². The number of carbonyl (C=O) groups is 3. The Labute approximate surface area is 160 Å². The summed E-state index contributed by atoms with van der Waals surface area (Å²) < 4.78 is 0. The van der Waals surface area contributed by atoms with Crippen molar-refractivity contribution in [2.75, 3.05) is 6.54 Å². The lowest BCUT2D eigenvalue weighted by Crippen LogP contribution is -2.44. The quantitative estimate of drug-likeness (QED) is 0.740. The molecule has 1 aliphatic carbocycles. The molecule has 1 fully saturated rings. The Kier molecular flexibility index (Phi) is 6.64. The summed E-state index contributed by atoms with van der Waals surface area (Å²) >= 11 is 0. The van der Waals surface area contributed by atoms with Crippen molar-refractivity contribution < 1.29 is 19.5 Å². The van der Waals surface area contributed by atoms with Crippen molar-refractivity contribution >= 4 is 17.7 Å². The van der Waals surface area contributed by atoms with E-state index in [2.05, 4.69) is 6.07 Å². The third kappa shape index (κ3) is 5.18. The van der Waals surface area contributed by atoms with Gasteiger partial charge in [0, 0.05) is 37.4 Å². The summed E-state index contributed by atoms with van der Waals surface area (Å²) in [6.45, 7) is 0.677. The second-order valence-corrected chi connectivity index (χ2v) is 7.78. The molecule has 27 heavy (non-hydrogen) atoms. The predicted molar refractivity (Wildman–Crippen MR) is 103 cm³/mol. The number of aliphatic carboxylic acids is 1. The van der Waals surface area contributed by atoms with Crippen LogP contribution < -0.4 is 0 Å². The molecule has 0 radical (unpaired) electrons. The van der Waals surface area contributed by atoms with Gasteiger partial charge in [0.1, 0.15) is 0 Å². The van der Waals surface area contributed by atoms with Gasteiger partial charge in [-0.25, -0.2) is 0 Å². The Hall–Kier alpha value is -2.17. The molecular weight excluding hydrogens is 342 g/mol. The van der Waals surface area contributed by atoms with Crippen LogP contribution in [0.2, 0.25) is 0 Å². The lowest BCUT2D eigenvalue weighted by molar-refractivity contribution is -0.140. The van der Waals surface area contributed by atoms with Crippen LogP contribution in [0, 0.1) is 0 Å². The summed E-state index contributed by atoms with van der Waals surface area (Å²) in [6.07, 6.45) is 8.38. The number of aryl methyl sites for hydroxylation is 2. The minimum absolute atomic E-state index is 0.00111. The highest BCUT2D eigenvalue weighted by Crippen LogP contribution is 2.24. The van der Waals surface area contributed by atoms with Gasteiger partial charge in [-0.2, -0.15) is 0 Å². The monoisotopic (exact) mass is 371 g/mol. The SMILES string of the molecule is O=C(O)CCC1CCCCN1C(=O)CCC(=O)c1ccc2c(c1)CCCC2. The maximum absolute atomic E-state index is 12.6. The molecule has 0 bridgehead atoms. The lowest BCUT2D eigenvalue weighted by Gasteiger charge is -2.35. The summed E-state index contributed by atoms with van der Waals surface area (Å²) in [4.78, 5) is 37.9. The van der Waals surface area contributed by atoms with Gasteiger partial charge in [0.2, 0.25) is 5.91 Å². The fourth-order valence-electron chi connectivity index (χ4n) is 4.33. The van der Waals surface area contributed by atoms with Crippen LogP contribution >= 0.6 is 0 Å². The van der Waals surface area contributed by atoms with E-state index in [4.69, 9.17) is 5.11 Å². The molecule has 0 aromatic heterocycles. The van der Waals surface area contributed by atoms with Gasteiger partial charge >= 0.3 is 5.97 Å². The average Bonchev–Trinajstić information content (AvgIpc) is 2.70. The minimum atomic E-state index is -0.824. The Balaban J connectivity index is 1.55. The third-order valence-electron chi connectivity index (χ3n) is 5.88. The summed E-state index contributed by atoms with van der Waals surface area (Å²) in [5.74, 6) is -0.817. The van der Waals surface area contributed by atoms with Crippen molar-refractivity contribution in [2.45, 2.75) is 76.7 Å². The van der Waals surface area contributed by atoms with Gasteiger partial charge in [-0.05, 0) is 68.6 Å². The molecule has 0 spiro atoms. The van der Waals surface area contributed by atoms with Crippen LogP contribution in [0.3, 0.4) is 0 Å². The van der Waals surface area contributed by atoms with E-state index in [0.717, 1.165) is 32.1 Å². The molecule has 1 unspecified atom stereocenters. The molecule has 3 rings (SSSR count). The number of carboxylic acid groups (broad SMARTS) is 1. The van der Waals surface area contributed by atoms with E-state index in [-0.39, 0.29) is 37.0 Å². The first kappa shape index (κ1) is 19.6. The summed E-state index contributed by atoms with van der Waals surface area (Å²) in [5, 5.41) is 8.91. The molecule has 1 N–H and O–H groups in total. The maximum Gasteiger partial charge on any atom is 0.303 e. The molecule has 1 amide bonds. The molecule has 1 aliphatic heterocycles. The van der Waals surface area contributed by atoms with Crippen molar-refractivity contribution in [3.63, 3.8) is 0 Å². The van der Waals surface area contributed by atoms with E-state index in [0.29, 0.717) is 18.5 Å². The normalized spacial score (nSPS) is 19.4. The van der Waals surface area contributed by atoms with Crippen molar-refractivity contribution in [1.29, 1.82) is 0 Å². The van der Waals surface area contributed by atoms with E-state index < -0.39 is 5.97 Å². The molecule has 146 valence electrons. The molecule has 1 atom stereocenters. The van der Waals surface area contributed by atoms with Crippen molar-refractivity contribution in [3.8, 4) is 0 Å². The minimum Gasteiger partial charge on any atom is -0.481 e. The van der Waals surface area contributed by atoms with E-state index in [9.17, 15) is 14.4 Å². The first-order chi connectivity index (χ1) is 13.0. The van der Waals surface area contributed by atoms with Gasteiger partial charge in [0.25, 0.3) is 0 Å². The zero-order valence-corrected chi connectivity index (χ0v) is 15.9. The number of piperidine rings is 1. The maximum atomic E-state index is 12.6.